The van der Waals surface area contributed by atoms with Crippen molar-refractivity contribution in [2.75, 3.05) is 0 Å². The number of fused-ring (bicyclic) bond motifs is 1. The third-order valence-electron chi connectivity index (χ3n) is 6.87. The van der Waals surface area contributed by atoms with E-state index in [9.17, 15) is 9.59 Å². The molecule has 0 bridgehead atoms. The molecule has 6 nitrogen and oxygen atoms in total. The van der Waals surface area contributed by atoms with E-state index in [1.165, 1.54) is 0 Å². The third kappa shape index (κ3) is 4.53. The van der Waals surface area contributed by atoms with Crippen molar-refractivity contribution in [3.8, 4) is 5.69 Å². The minimum atomic E-state index is -0.451. The molecule has 1 aliphatic carbocycles. The molecule has 2 aromatic carbocycles. The highest BCUT2D eigenvalue weighted by Gasteiger charge is 2.47. The molecule has 1 saturated heterocycles. The maximum atomic E-state index is 13.5. The summed E-state index contributed by atoms with van der Waals surface area (Å²) < 4.78 is 1.79. The first-order valence-electron chi connectivity index (χ1n) is 11.5. The average molecular weight is 463 g/mol. The lowest BCUT2D eigenvalue weighted by atomic mass is 9.84. The zero-order chi connectivity index (χ0) is 22.8. The van der Waals surface area contributed by atoms with Crippen molar-refractivity contribution in [1.82, 2.24) is 20.0 Å². The Morgan fingerprint density at radius 1 is 1.06 bits per heavy atom. The van der Waals surface area contributed by atoms with Gasteiger partial charge in [0.05, 0.1) is 5.69 Å². The fourth-order valence-electron chi connectivity index (χ4n) is 5.25. The van der Waals surface area contributed by atoms with E-state index in [0.717, 1.165) is 43.4 Å². The molecule has 2 heterocycles. The Labute approximate surface area is 198 Å². The number of nitrogens with one attached hydrogen (secondary N) is 1. The van der Waals surface area contributed by atoms with Gasteiger partial charge in [0.2, 0.25) is 5.91 Å². The number of halogens is 1. The number of carbonyl (C=O) groups is 2. The van der Waals surface area contributed by atoms with Crippen LogP contribution in [-0.4, -0.2) is 38.6 Å². The maximum absolute atomic E-state index is 13.5. The predicted octanol–water partition coefficient (Wildman–Crippen LogP) is 4.62. The highest BCUT2D eigenvalue weighted by molar-refractivity contribution is 6.31. The number of benzene rings is 2. The molecule has 3 unspecified atom stereocenters. The number of nitrogens with zero attached hydrogens (tertiary/aromatic N) is 3. The third-order valence-corrected chi connectivity index (χ3v) is 7.10. The van der Waals surface area contributed by atoms with Crippen LogP contribution in [0.3, 0.4) is 0 Å². The first kappa shape index (κ1) is 21.7. The molecule has 1 aliphatic heterocycles. The van der Waals surface area contributed by atoms with Crippen LogP contribution in [0.1, 0.15) is 48.0 Å². The van der Waals surface area contributed by atoms with Gasteiger partial charge in [-0.25, -0.2) is 4.68 Å². The molecule has 1 aromatic heterocycles. The van der Waals surface area contributed by atoms with E-state index in [1.807, 2.05) is 41.4 Å². The number of likely N-dealkylation sites (tertiary alicyclic amines) is 1. The molecule has 0 spiro atoms. The van der Waals surface area contributed by atoms with Gasteiger partial charge in [0.1, 0.15) is 6.04 Å². The van der Waals surface area contributed by atoms with Crippen LogP contribution in [0.15, 0.2) is 67.0 Å². The van der Waals surface area contributed by atoms with E-state index in [0.29, 0.717) is 23.0 Å². The molecular formula is C26H27ClN4O2. The Morgan fingerprint density at radius 3 is 2.64 bits per heavy atom. The highest BCUT2D eigenvalue weighted by Crippen LogP contribution is 2.40. The second-order valence-electron chi connectivity index (χ2n) is 8.92. The van der Waals surface area contributed by atoms with Gasteiger partial charge in [-0.05, 0) is 67.1 Å². The van der Waals surface area contributed by atoms with Crippen LogP contribution in [0.5, 0.6) is 0 Å². The van der Waals surface area contributed by atoms with Gasteiger partial charge >= 0.3 is 0 Å². The molecule has 0 radical (unpaired) electrons. The normalized spacial score (nSPS) is 22.1. The van der Waals surface area contributed by atoms with Crippen molar-refractivity contribution in [2.24, 2.45) is 5.92 Å². The zero-order valence-corrected chi connectivity index (χ0v) is 19.1. The molecular weight excluding hydrogens is 436 g/mol. The fourth-order valence-corrected chi connectivity index (χ4v) is 5.44. The van der Waals surface area contributed by atoms with Crippen LogP contribution in [-0.2, 0) is 11.3 Å². The van der Waals surface area contributed by atoms with Crippen molar-refractivity contribution in [3.63, 3.8) is 0 Å². The van der Waals surface area contributed by atoms with Gasteiger partial charge in [-0.3, -0.25) is 9.59 Å². The highest BCUT2D eigenvalue weighted by atomic mass is 35.5. The van der Waals surface area contributed by atoms with Gasteiger partial charge in [-0.2, -0.15) is 5.10 Å². The summed E-state index contributed by atoms with van der Waals surface area (Å²) in [7, 11) is 0. The minimum Gasteiger partial charge on any atom is -0.350 e. The SMILES string of the molecule is O=C(NCc1ccc(-n2cccn2)cc1)C1CC2CCCCC2N1C(=O)c1cccc(Cl)c1. The fraction of sp³-hybridized carbons (Fsp3) is 0.346. The Balaban J connectivity index is 1.30. The van der Waals surface area contributed by atoms with Crippen LogP contribution in [0.2, 0.25) is 5.02 Å². The van der Waals surface area contributed by atoms with Crippen molar-refractivity contribution in [1.29, 1.82) is 0 Å². The number of rotatable bonds is 5. The van der Waals surface area contributed by atoms with Crippen molar-refractivity contribution in [2.45, 2.75) is 50.7 Å². The molecule has 5 rings (SSSR count). The molecule has 33 heavy (non-hydrogen) atoms. The monoisotopic (exact) mass is 462 g/mol. The number of hydrogen-bond donors (Lipinski definition) is 1. The first-order valence-corrected chi connectivity index (χ1v) is 11.9. The molecule has 170 valence electrons. The van der Waals surface area contributed by atoms with Gasteiger partial charge in [0.25, 0.3) is 5.91 Å². The van der Waals surface area contributed by atoms with E-state index in [2.05, 4.69) is 10.4 Å². The summed E-state index contributed by atoms with van der Waals surface area (Å²) in [6, 6.07) is 16.5. The van der Waals surface area contributed by atoms with Gasteiger partial charge < -0.3 is 10.2 Å². The van der Waals surface area contributed by atoms with Crippen molar-refractivity contribution >= 4 is 23.4 Å². The van der Waals surface area contributed by atoms with E-state index < -0.39 is 6.04 Å². The van der Waals surface area contributed by atoms with Crippen LogP contribution in [0.4, 0.5) is 0 Å². The first-order chi connectivity index (χ1) is 16.1. The van der Waals surface area contributed by atoms with Crippen LogP contribution in [0, 0.1) is 5.92 Å². The quantitative estimate of drug-likeness (QED) is 0.601. The Bertz CT molecular complexity index is 1130. The van der Waals surface area contributed by atoms with Gasteiger partial charge in [0, 0.05) is 35.6 Å². The molecule has 7 heteroatoms. The summed E-state index contributed by atoms with van der Waals surface area (Å²) in [6.07, 6.45) is 8.64. The smallest absolute Gasteiger partial charge is 0.254 e. The minimum absolute atomic E-state index is 0.0871. The molecule has 3 atom stereocenters. The lowest BCUT2D eigenvalue weighted by Gasteiger charge is -2.33. The van der Waals surface area contributed by atoms with Crippen LogP contribution in [0.25, 0.3) is 5.69 Å². The molecule has 2 fully saturated rings. The second kappa shape index (κ2) is 9.40. The standard InChI is InChI=1S/C26H27ClN4O2/c27-21-7-3-6-20(15-21)26(33)31-23-8-2-1-5-19(23)16-24(31)25(32)28-17-18-9-11-22(12-10-18)30-14-4-13-29-30/h3-4,6-7,9-15,19,23-24H,1-2,5,8,16-17H2,(H,28,32). The number of amides is 2. The lowest BCUT2D eigenvalue weighted by molar-refractivity contribution is -0.125. The number of aromatic nitrogens is 2. The maximum Gasteiger partial charge on any atom is 0.254 e. The lowest BCUT2D eigenvalue weighted by Crippen LogP contribution is -2.49. The van der Waals surface area contributed by atoms with Gasteiger partial charge in [-0.1, -0.05) is 42.6 Å². The molecule has 2 aliphatic rings. The van der Waals surface area contributed by atoms with Crippen molar-refractivity contribution < 1.29 is 9.59 Å². The number of hydrogen-bond acceptors (Lipinski definition) is 3. The van der Waals surface area contributed by atoms with Crippen LogP contribution >= 0.6 is 11.6 Å². The summed E-state index contributed by atoms with van der Waals surface area (Å²) >= 11 is 6.14. The topological polar surface area (TPSA) is 67.2 Å². The van der Waals surface area contributed by atoms with E-state index in [-0.39, 0.29) is 17.9 Å². The summed E-state index contributed by atoms with van der Waals surface area (Å²) in [6.45, 7) is 0.420. The largest absolute Gasteiger partial charge is 0.350 e. The molecule has 2 amide bonds. The van der Waals surface area contributed by atoms with Crippen molar-refractivity contribution in [3.05, 3.63) is 83.1 Å². The summed E-state index contributed by atoms with van der Waals surface area (Å²) in [5.41, 5.74) is 2.51. The van der Waals surface area contributed by atoms with Gasteiger partial charge in [-0.15, -0.1) is 0 Å². The Morgan fingerprint density at radius 2 is 1.88 bits per heavy atom. The molecule has 3 aromatic rings. The van der Waals surface area contributed by atoms with E-state index >= 15 is 0 Å². The van der Waals surface area contributed by atoms with E-state index in [4.69, 9.17) is 11.6 Å². The predicted molar refractivity (Wildman–Crippen MR) is 127 cm³/mol. The summed E-state index contributed by atoms with van der Waals surface area (Å²) in [5, 5.41) is 7.83. The van der Waals surface area contributed by atoms with Crippen LogP contribution < -0.4 is 5.32 Å². The summed E-state index contributed by atoms with van der Waals surface area (Å²) in [5.74, 6) is 0.192. The zero-order valence-electron chi connectivity index (χ0n) is 18.4. The van der Waals surface area contributed by atoms with Gasteiger partial charge in [0.15, 0.2) is 0 Å². The number of carbonyl (C=O) groups excluding carboxylic acids is 2. The molecule has 1 saturated carbocycles. The molecule has 1 N–H and O–H groups in total. The Kier molecular flexibility index (Phi) is 6.18. The van der Waals surface area contributed by atoms with E-state index in [1.54, 1.807) is 35.1 Å². The second-order valence-corrected chi connectivity index (χ2v) is 9.36. The Hall–Kier alpha value is -3.12. The summed E-state index contributed by atoms with van der Waals surface area (Å²) in [4.78, 5) is 28.6. The average Bonchev–Trinajstić information content (AvgIpc) is 3.51.